The van der Waals surface area contributed by atoms with E-state index in [1.54, 1.807) is 0 Å². The summed E-state index contributed by atoms with van der Waals surface area (Å²) < 4.78 is 6.33. The molecule has 0 bridgehead atoms. The quantitative estimate of drug-likeness (QED) is 0.337. The lowest BCUT2D eigenvalue weighted by Gasteiger charge is -2.30. The number of rotatable bonds is 1. The van der Waals surface area contributed by atoms with Gasteiger partial charge in [0.1, 0.15) is 5.52 Å². The summed E-state index contributed by atoms with van der Waals surface area (Å²) in [7, 11) is 0. The lowest BCUT2D eigenvalue weighted by molar-refractivity contribution is -0.131. The molecule has 1 aliphatic carbocycles. The van der Waals surface area contributed by atoms with Gasteiger partial charge in [0.25, 0.3) is 0 Å². The molecule has 0 saturated heterocycles. The summed E-state index contributed by atoms with van der Waals surface area (Å²) in [5.74, 6) is -0.777. The molecule has 0 N–H and O–H groups in total. The Morgan fingerprint density at radius 2 is 1.27 bits per heavy atom. The maximum Gasteiger partial charge on any atom is 0.238 e. The number of carbonyl (C=O) groups is 2. The summed E-state index contributed by atoms with van der Waals surface area (Å²) >= 11 is 0. The van der Waals surface area contributed by atoms with Crippen LogP contribution in [-0.2, 0) is 20.4 Å². The largest absolute Gasteiger partial charge is 0.436 e. The van der Waals surface area contributed by atoms with Gasteiger partial charge in [-0.1, -0.05) is 89.2 Å². The van der Waals surface area contributed by atoms with Gasteiger partial charge in [-0.2, -0.15) is 0 Å². The van der Waals surface area contributed by atoms with Gasteiger partial charge in [0, 0.05) is 11.1 Å². The maximum atomic E-state index is 13.5. The molecule has 1 heterocycles. The number of benzene rings is 1. The van der Waals surface area contributed by atoms with Gasteiger partial charge in [0.15, 0.2) is 5.58 Å². The zero-order chi connectivity index (χ0) is 25.3. The molecule has 0 atom stereocenters. The van der Waals surface area contributed by atoms with Gasteiger partial charge in [-0.25, -0.2) is 4.98 Å². The van der Waals surface area contributed by atoms with E-state index < -0.39 is 17.0 Å². The topological polar surface area (TPSA) is 60.2 Å². The fourth-order valence-corrected chi connectivity index (χ4v) is 4.13. The number of aromatic nitrogens is 1. The minimum atomic E-state index is -0.535. The van der Waals surface area contributed by atoms with Crippen LogP contribution in [0.1, 0.15) is 100 Å². The van der Waals surface area contributed by atoms with Crippen LogP contribution in [0.15, 0.2) is 33.8 Å². The zero-order valence-electron chi connectivity index (χ0n) is 22.4. The summed E-state index contributed by atoms with van der Waals surface area (Å²) in [6.45, 7) is 24.9. The highest BCUT2D eigenvalue weighted by Crippen LogP contribution is 2.43. The van der Waals surface area contributed by atoms with Crippen molar-refractivity contribution in [3.63, 3.8) is 0 Å². The van der Waals surface area contributed by atoms with Crippen LogP contribution in [-0.4, -0.2) is 16.6 Å². The number of hydrogen-bond acceptors (Lipinski definition) is 4. The fourth-order valence-electron chi connectivity index (χ4n) is 4.13. The van der Waals surface area contributed by atoms with E-state index in [0.29, 0.717) is 16.7 Å². The third-order valence-electron chi connectivity index (χ3n) is 6.23. The standard InChI is InChI=1S/C29H39NO3/c1-26(2,3)16-13-19(29(10,11)12)24-20(14-16)30-25(33-24)21-17(27(4,5)6)15-18(28(7,8)9)22(31)23(21)32/h13-15H,1-12H3. The first-order chi connectivity index (χ1) is 14.7. The molecule has 0 unspecified atom stereocenters. The van der Waals surface area contributed by atoms with Crippen LogP contribution in [0.25, 0.3) is 16.7 Å². The number of Topliss-reactive ketones (excluding diaryl/α,β-unsaturated/α-hetero) is 2. The van der Waals surface area contributed by atoms with Crippen LogP contribution in [0.4, 0.5) is 0 Å². The molecule has 3 rings (SSSR count). The first-order valence-electron chi connectivity index (χ1n) is 11.7. The van der Waals surface area contributed by atoms with E-state index in [9.17, 15) is 9.59 Å². The van der Waals surface area contributed by atoms with Crippen LogP contribution < -0.4 is 0 Å². The Balaban J connectivity index is 2.41. The summed E-state index contributed by atoms with van der Waals surface area (Å²) in [4.78, 5) is 31.4. The van der Waals surface area contributed by atoms with Crippen molar-refractivity contribution >= 4 is 28.2 Å². The molecule has 0 spiro atoms. The van der Waals surface area contributed by atoms with Crippen LogP contribution >= 0.6 is 0 Å². The van der Waals surface area contributed by atoms with Crippen molar-refractivity contribution in [2.75, 3.05) is 0 Å². The lowest BCUT2D eigenvalue weighted by Crippen LogP contribution is -2.31. The van der Waals surface area contributed by atoms with Crippen molar-refractivity contribution in [2.45, 2.75) is 93.9 Å². The van der Waals surface area contributed by atoms with E-state index >= 15 is 0 Å². The molecule has 1 aliphatic rings. The van der Waals surface area contributed by atoms with Gasteiger partial charge in [0.2, 0.25) is 17.5 Å². The Hall–Kier alpha value is -2.49. The minimum Gasteiger partial charge on any atom is -0.436 e. The van der Waals surface area contributed by atoms with Crippen LogP contribution in [0.5, 0.6) is 0 Å². The first-order valence-corrected chi connectivity index (χ1v) is 11.7. The number of ketones is 2. The third kappa shape index (κ3) is 4.62. The second-order valence-corrected chi connectivity index (χ2v) is 13.4. The Kier molecular flexibility index (Phi) is 5.72. The van der Waals surface area contributed by atoms with Crippen molar-refractivity contribution in [3.05, 3.63) is 46.4 Å². The van der Waals surface area contributed by atoms with Gasteiger partial charge in [-0.3, -0.25) is 9.59 Å². The molecule has 0 amide bonds. The Bertz CT molecular complexity index is 1210. The van der Waals surface area contributed by atoms with E-state index in [4.69, 9.17) is 9.40 Å². The molecule has 4 heteroatoms. The number of fused-ring (bicyclic) bond motifs is 1. The second-order valence-electron chi connectivity index (χ2n) is 13.4. The van der Waals surface area contributed by atoms with Gasteiger partial charge < -0.3 is 4.42 Å². The van der Waals surface area contributed by atoms with Gasteiger partial charge in [-0.15, -0.1) is 0 Å². The van der Waals surface area contributed by atoms with Crippen molar-refractivity contribution in [1.29, 1.82) is 0 Å². The van der Waals surface area contributed by atoms with E-state index in [1.807, 2.05) is 53.7 Å². The predicted molar refractivity (Wildman–Crippen MR) is 135 cm³/mol. The van der Waals surface area contributed by atoms with Crippen LogP contribution in [0, 0.1) is 10.8 Å². The van der Waals surface area contributed by atoms with Crippen molar-refractivity contribution in [1.82, 2.24) is 4.98 Å². The normalized spacial score (nSPS) is 16.7. The fraction of sp³-hybridized carbons (Fsp3) is 0.552. The maximum absolute atomic E-state index is 13.5. The number of nitrogens with zero attached hydrogens (tertiary/aromatic N) is 1. The minimum absolute atomic E-state index is 0.0654. The highest BCUT2D eigenvalue weighted by molar-refractivity contribution is 6.59. The lowest BCUT2D eigenvalue weighted by atomic mass is 9.71. The number of carbonyl (C=O) groups excluding carboxylic acids is 2. The summed E-state index contributed by atoms with van der Waals surface area (Å²) in [5, 5.41) is 0. The summed E-state index contributed by atoms with van der Waals surface area (Å²) in [6, 6.07) is 4.22. The molecular weight excluding hydrogens is 410 g/mol. The highest BCUT2D eigenvalue weighted by atomic mass is 16.3. The molecule has 1 aromatic carbocycles. The molecule has 4 nitrogen and oxygen atoms in total. The monoisotopic (exact) mass is 449 g/mol. The predicted octanol–water partition coefficient (Wildman–Crippen LogP) is 7.35. The molecule has 2 aromatic rings. The molecule has 0 saturated carbocycles. The summed E-state index contributed by atoms with van der Waals surface area (Å²) in [6.07, 6.45) is 1.89. The van der Waals surface area contributed by atoms with E-state index in [0.717, 1.165) is 16.7 Å². The average Bonchev–Trinajstić information content (AvgIpc) is 3.02. The van der Waals surface area contributed by atoms with Crippen molar-refractivity contribution in [3.8, 4) is 0 Å². The molecule has 0 fully saturated rings. The number of hydrogen-bond donors (Lipinski definition) is 0. The highest BCUT2D eigenvalue weighted by Gasteiger charge is 2.40. The molecule has 0 radical (unpaired) electrons. The number of oxazole rings is 1. The van der Waals surface area contributed by atoms with Crippen molar-refractivity contribution in [2.24, 2.45) is 10.8 Å². The zero-order valence-corrected chi connectivity index (χ0v) is 22.4. The first kappa shape index (κ1) is 25.1. The van der Waals surface area contributed by atoms with Crippen LogP contribution in [0.3, 0.4) is 0 Å². The second kappa shape index (κ2) is 7.51. The Labute approximate surface area is 198 Å². The van der Waals surface area contributed by atoms with Crippen molar-refractivity contribution < 1.29 is 14.0 Å². The van der Waals surface area contributed by atoms with E-state index in [1.165, 1.54) is 0 Å². The van der Waals surface area contributed by atoms with Gasteiger partial charge >= 0.3 is 0 Å². The van der Waals surface area contributed by atoms with Gasteiger partial charge in [-0.05, 0) is 44.9 Å². The molecule has 33 heavy (non-hydrogen) atoms. The average molecular weight is 450 g/mol. The molecule has 0 aliphatic heterocycles. The van der Waals surface area contributed by atoms with E-state index in [-0.39, 0.29) is 27.7 Å². The molecule has 1 aromatic heterocycles. The van der Waals surface area contributed by atoms with Crippen LogP contribution in [0.2, 0.25) is 0 Å². The Morgan fingerprint density at radius 1 is 0.697 bits per heavy atom. The molecule has 178 valence electrons. The molecular formula is C29H39NO3. The SMILES string of the molecule is CC(C)(C)C1=CC(C(C)(C)C)=C(c2nc3cc(C(C)(C)C)cc(C(C)(C)C)c3o2)C(=O)C1=O. The van der Waals surface area contributed by atoms with Gasteiger partial charge in [0.05, 0.1) is 5.57 Å². The smallest absolute Gasteiger partial charge is 0.238 e. The summed E-state index contributed by atoms with van der Waals surface area (Å²) in [5.41, 5.74) is 4.16. The van der Waals surface area contributed by atoms with E-state index in [2.05, 4.69) is 47.6 Å². The Morgan fingerprint density at radius 3 is 1.73 bits per heavy atom. The number of allylic oxidation sites excluding steroid dienone is 4. The third-order valence-corrected chi connectivity index (χ3v) is 6.23.